The van der Waals surface area contributed by atoms with Gasteiger partial charge in [0.2, 0.25) is 0 Å². The maximum atomic E-state index is 12.1. The number of hydrogen-bond donors (Lipinski definition) is 2. The van der Waals surface area contributed by atoms with Crippen molar-refractivity contribution in [3.05, 3.63) is 131 Å². The lowest BCUT2D eigenvalue weighted by Gasteiger charge is -2.40. The third-order valence-corrected chi connectivity index (χ3v) is 9.51. The molecular weight excluding hydrogens is 669 g/mol. The number of hydrogen-bond acceptors (Lipinski definition) is 6. The van der Waals surface area contributed by atoms with E-state index in [2.05, 4.69) is 45.4 Å². The fourth-order valence-corrected chi connectivity index (χ4v) is 6.54. The molecule has 7 nitrogen and oxygen atoms in total. The third-order valence-electron chi connectivity index (χ3n) is 9.00. The molecule has 0 aliphatic carbocycles. The highest BCUT2D eigenvalue weighted by molar-refractivity contribution is 6.76. The fraction of sp³-hybridized carbons (Fsp3) is 0.342. The second kappa shape index (κ2) is 16.2. The van der Waals surface area contributed by atoms with Crippen molar-refractivity contribution in [1.82, 2.24) is 15.1 Å². The van der Waals surface area contributed by atoms with Crippen molar-refractivity contribution in [2.45, 2.75) is 48.4 Å². The van der Waals surface area contributed by atoms with Crippen LogP contribution < -0.4 is 5.32 Å². The Hall–Kier alpha value is -2.98. The van der Waals surface area contributed by atoms with E-state index < -0.39 is 16.0 Å². The van der Waals surface area contributed by atoms with Crippen molar-refractivity contribution in [2.24, 2.45) is 0 Å². The molecule has 0 spiro atoms. The fourth-order valence-electron chi connectivity index (χ4n) is 6.34. The number of nitrogens with zero attached hydrogens (tertiary/aromatic N) is 2. The van der Waals surface area contributed by atoms with Gasteiger partial charge in [-0.3, -0.25) is 14.6 Å². The van der Waals surface area contributed by atoms with Gasteiger partial charge in [-0.05, 0) is 33.4 Å². The van der Waals surface area contributed by atoms with E-state index >= 15 is 0 Å². The Morgan fingerprint density at radius 1 is 0.771 bits per heavy atom. The highest BCUT2D eigenvalue weighted by atomic mass is 35.6. The Morgan fingerprint density at radius 3 is 2.10 bits per heavy atom. The van der Waals surface area contributed by atoms with E-state index in [1.807, 2.05) is 72.8 Å². The van der Waals surface area contributed by atoms with E-state index in [-0.39, 0.29) is 25.4 Å². The molecule has 252 valence electrons. The van der Waals surface area contributed by atoms with Crippen LogP contribution in [0.5, 0.6) is 0 Å². The number of ether oxygens (including phenoxy) is 2. The van der Waals surface area contributed by atoms with Crippen molar-refractivity contribution in [3.63, 3.8) is 0 Å². The molecule has 48 heavy (non-hydrogen) atoms. The average Bonchev–Trinajstić information content (AvgIpc) is 3.11. The van der Waals surface area contributed by atoms with Gasteiger partial charge >= 0.3 is 0 Å². The molecule has 6 rings (SSSR count). The molecule has 1 amide bonds. The number of rotatable bonds is 10. The van der Waals surface area contributed by atoms with Gasteiger partial charge in [0.15, 0.2) is 6.29 Å². The van der Waals surface area contributed by atoms with Gasteiger partial charge in [0, 0.05) is 57.8 Å². The Kier molecular flexibility index (Phi) is 11.7. The van der Waals surface area contributed by atoms with Gasteiger partial charge in [-0.2, -0.15) is 0 Å². The number of benzene rings is 4. The molecule has 2 aliphatic rings. The SMILES string of the molecule is O=C(NCc1ccccc1-c1ccc([C@H]2O[C@@H](CN3CCN(Cc4ccccc4)CC3)C[C@@H](c3ccc(CO)cc3)O2)cc1)C(Cl)(Cl)Cl. The first-order valence-corrected chi connectivity index (χ1v) is 17.4. The Labute approximate surface area is 297 Å². The number of aliphatic hydroxyl groups excluding tert-OH is 1. The number of piperazine rings is 1. The minimum Gasteiger partial charge on any atom is -0.392 e. The quantitative estimate of drug-likeness (QED) is 0.170. The summed E-state index contributed by atoms with van der Waals surface area (Å²) in [5.74, 6) is -0.673. The first-order chi connectivity index (χ1) is 23.2. The molecule has 10 heteroatoms. The number of halogens is 3. The van der Waals surface area contributed by atoms with Crippen LogP contribution >= 0.6 is 34.8 Å². The molecule has 2 fully saturated rings. The minimum absolute atomic E-state index is 0.00513. The lowest BCUT2D eigenvalue weighted by Crippen LogP contribution is -2.49. The number of carbonyl (C=O) groups is 1. The summed E-state index contributed by atoms with van der Waals surface area (Å²) in [6.45, 7) is 6.05. The van der Waals surface area contributed by atoms with Gasteiger partial charge in [-0.25, -0.2) is 0 Å². The summed E-state index contributed by atoms with van der Waals surface area (Å²) in [5, 5.41) is 12.3. The lowest BCUT2D eigenvalue weighted by molar-refractivity contribution is -0.253. The van der Waals surface area contributed by atoms with Gasteiger partial charge in [0.25, 0.3) is 9.70 Å². The molecule has 0 saturated carbocycles. The molecule has 0 radical (unpaired) electrons. The average molecular weight is 709 g/mol. The van der Waals surface area contributed by atoms with Crippen LogP contribution in [-0.2, 0) is 34.0 Å². The van der Waals surface area contributed by atoms with Crippen LogP contribution in [0.3, 0.4) is 0 Å². The first-order valence-electron chi connectivity index (χ1n) is 16.3. The topological polar surface area (TPSA) is 74.3 Å². The molecule has 2 saturated heterocycles. The van der Waals surface area contributed by atoms with Gasteiger partial charge in [0.05, 0.1) is 18.8 Å². The van der Waals surface area contributed by atoms with Gasteiger partial charge < -0.3 is 19.9 Å². The predicted octanol–water partition coefficient (Wildman–Crippen LogP) is 7.20. The van der Waals surface area contributed by atoms with Crippen LogP contribution in [0.25, 0.3) is 11.1 Å². The number of alkyl halides is 3. The van der Waals surface area contributed by atoms with Gasteiger partial charge in [-0.15, -0.1) is 0 Å². The van der Waals surface area contributed by atoms with Gasteiger partial charge in [-0.1, -0.05) is 138 Å². The van der Waals surface area contributed by atoms with Crippen LogP contribution in [0.2, 0.25) is 0 Å². The van der Waals surface area contributed by atoms with Crippen LogP contribution in [0.15, 0.2) is 103 Å². The van der Waals surface area contributed by atoms with Gasteiger partial charge in [0.1, 0.15) is 0 Å². The summed E-state index contributed by atoms with van der Waals surface area (Å²) in [4.78, 5) is 17.2. The van der Waals surface area contributed by atoms with Crippen molar-refractivity contribution >= 4 is 40.7 Å². The summed E-state index contributed by atoms with van der Waals surface area (Å²) < 4.78 is 11.2. The monoisotopic (exact) mass is 707 g/mol. The summed E-state index contributed by atoms with van der Waals surface area (Å²) in [6.07, 6.45) is 0.0278. The van der Waals surface area contributed by atoms with E-state index in [0.717, 1.165) is 79.1 Å². The molecule has 2 aliphatic heterocycles. The molecular formula is C38H40Cl3N3O4. The normalized spacial score (nSPS) is 20.8. The van der Waals surface area contributed by atoms with Crippen LogP contribution in [0, 0.1) is 0 Å². The van der Waals surface area contributed by atoms with Crippen molar-refractivity contribution in [2.75, 3.05) is 32.7 Å². The number of nitrogens with one attached hydrogen (secondary N) is 1. The predicted molar refractivity (Wildman–Crippen MR) is 191 cm³/mol. The van der Waals surface area contributed by atoms with Crippen molar-refractivity contribution in [3.8, 4) is 11.1 Å². The molecule has 2 heterocycles. The van der Waals surface area contributed by atoms with Crippen molar-refractivity contribution < 1.29 is 19.4 Å². The van der Waals surface area contributed by atoms with Crippen LogP contribution in [0.4, 0.5) is 0 Å². The molecule has 0 unspecified atom stereocenters. The molecule has 3 atom stereocenters. The molecule has 4 aromatic carbocycles. The first kappa shape index (κ1) is 34.9. The zero-order valence-corrected chi connectivity index (χ0v) is 28.9. The highest BCUT2D eigenvalue weighted by Gasteiger charge is 2.34. The molecule has 0 bridgehead atoms. The van der Waals surface area contributed by atoms with Crippen molar-refractivity contribution in [1.29, 1.82) is 0 Å². The largest absolute Gasteiger partial charge is 0.392 e. The number of amides is 1. The van der Waals surface area contributed by atoms with E-state index in [1.54, 1.807) is 0 Å². The maximum Gasteiger partial charge on any atom is 0.272 e. The summed E-state index contributed by atoms with van der Waals surface area (Å²) in [5.41, 5.74) is 7.05. The second-order valence-electron chi connectivity index (χ2n) is 12.4. The zero-order valence-electron chi connectivity index (χ0n) is 26.6. The molecule has 0 aromatic heterocycles. The minimum atomic E-state index is -2.02. The van der Waals surface area contributed by atoms with E-state index in [0.29, 0.717) is 0 Å². The smallest absolute Gasteiger partial charge is 0.272 e. The zero-order chi connectivity index (χ0) is 33.5. The van der Waals surface area contributed by atoms with Crippen LogP contribution in [-0.4, -0.2) is 63.4 Å². The standard InChI is InChI=1S/C38H40Cl3N3O4/c39-38(40,41)37(46)42-23-32-8-4-5-9-34(32)29-14-16-31(17-15-29)36-47-33(22-35(48-36)30-12-10-28(26-45)11-13-30)25-44-20-18-43(19-21-44)24-27-6-2-1-3-7-27/h1-17,33,35-36,45H,18-26H2,(H,42,46)/t33-,35+,36+/m1/s1. The van der Waals surface area contributed by atoms with E-state index in [1.165, 1.54) is 5.56 Å². The lowest BCUT2D eigenvalue weighted by atomic mass is 9.97. The Morgan fingerprint density at radius 2 is 1.42 bits per heavy atom. The molecule has 2 N–H and O–H groups in total. The highest BCUT2D eigenvalue weighted by Crippen LogP contribution is 2.39. The number of carbonyl (C=O) groups excluding carboxylic acids is 1. The Bertz CT molecular complexity index is 1630. The number of aliphatic hydroxyl groups is 1. The maximum absolute atomic E-state index is 12.1. The van der Waals surface area contributed by atoms with E-state index in [4.69, 9.17) is 44.3 Å². The second-order valence-corrected chi connectivity index (χ2v) is 14.7. The van der Waals surface area contributed by atoms with E-state index in [9.17, 15) is 9.90 Å². The summed E-state index contributed by atoms with van der Waals surface area (Å²) in [6, 6.07) is 34.6. The summed E-state index contributed by atoms with van der Waals surface area (Å²) >= 11 is 17.2. The van der Waals surface area contributed by atoms with Crippen LogP contribution in [0.1, 0.15) is 46.6 Å². The Balaban J connectivity index is 1.15. The third kappa shape index (κ3) is 9.17. The molecule has 4 aromatic rings. The summed E-state index contributed by atoms with van der Waals surface area (Å²) in [7, 11) is 0.